The Morgan fingerprint density at radius 3 is 2.78 bits per heavy atom. The molecule has 0 aliphatic heterocycles. The molecule has 2 aromatic rings. The van der Waals surface area contributed by atoms with E-state index < -0.39 is 5.97 Å². The van der Waals surface area contributed by atoms with Crippen LogP contribution in [0, 0.1) is 0 Å². The number of carbonyl (C=O) groups is 3. The number of aromatic nitrogens is 1. The molecule has 0 unspecified atom stereocenters. The second-order valence-electron chi connectivity index (χ2n) is 5.13. The Labute approximate surface area is 137 Å². The zero-order chi connectivity index (χ0) is 16.8. The van der Waals surface area contributed by atoms with Crippen LogP contribution >= 0.6 is 11.8 Å². The van der Waals surface area contributed by atoms with Crippen LogP contribution in [0.5, 0.6) is 0 Å². The van der Waals surface area contributed by atoms with Gasteiger partial charge in [-0.15, -0.1) is 0 Å². The largest absolute Gasteiger partial charge is 0.481 e. The van der Waals surface area contributed by atoms with Gasteiger partial charge < -0.3 is 15.4 Å². The predicted octanol–water partition coefficient (Wildman–Crippen LogP) is 2.08. The van der Waals surface area contributed by atoms with Crippen LogP contribution in [0.25, 0.3) is 10.9 Å². The van der Waals surface area contributed by atoms with E-state index in [1.807, 2.05) is 18.2 Å². The highest BCUT2D eigenvalue weighted by Gasteiger charge is 2.09. The lowest BCUT2D eigenvalue weighted by atomic mass is 10.1. The van der Waals surface area contributed by atoms with E-state index in [0.717, 1.165) is 33.8 Å². The maximum atomic E-state index is 11.7. The Kier molecular flexibility index (Phi) is 5.81. The van der Waals surface area contributed by atoms with Crippen LogP contribution in [-0.4, -0.2) is 32.8 Å². The second kappa shape index (κ2) is 7.82. The number of nitrogens with one attached hydrogen (secondary N) is 2. The van der Waals surface area contributed by atoms with Crippen LogP contribution < -0.4 is 5.32 Å². The normalized spacial score (nSPS) is 10.7. The van der Waals surface area contributed by atoms with Crippen molar-refractivity contribution in [2.75, 3.05) is 5.75 Å². The fourth-order valence-electron chi connectivity index (χ4n) is 2.22. The van der Waals surface area contributed by atoms with Crippen molar-refractivity contribution in [3.05, 3.63) is 35.5 Å². The molecule has 0 radical (unpaired) electrons. The molecule has 2 rings (SSSR count). The lowest BCUT2D eigenvalue weighted by Gasteiger charge is -2.06. The first-order valence-corrected chi connectivity index (χ1v) is 8.15. The fourth-order valence-corrected chi connectivity index (χ4v) is 2.80. The molecule has 1 amide bonds. The molecule has 122 valence electrons. The number of hydrogen-bond donors (Lipinski definition) is 3. The van der Waals surface area contributed by atoms with Crippen molar-refractivity contribution >= 4 is 39.7 Å². The molecule has 0 atom stereocenters. The van der Waals surface area contributed by atoms with E-state index in [1.54, 1.807) is 6.20 Å². The number of H-pyrrole nitrogens is 1. The van der Waals surface area contributed by atoms with Crippen LogP contribution in [0.3, 0.4) is 0 Å². The highest BCUT2D eigenvalue weighted by Crippen LogP contribution is 2.20. The smallest absolute Gasteiger partial charge is 0.307 e. The molecule has 23 heavy (non-hydrogen) atoms. The summed E-state index contributed by atoms with van der Waals surface area (Å²) in [5.41, 5.74) is 2.49. The van der Waals surface area contributed by atoms with E-state index in [1.165, 1.54) is 6.92 Å². The molecule has 0 aliphatic rings. The average molecular weight is 334 g/mol. The molecule has 0 fully saturated rings. The number of amides is 1. The average Bonchev–Trinajstić information content (AvgIpc) is 2.86. The molecule has 0 saturated carbocycles. The number of carboxylic acids is 1. The van der Waals surface area contributed by atoms with Crippen LogP contribution in [0.1, 0.15) is 24.5 Å². The molecule has 6 nitrogen and oxygen atoms in total. The number of carbonyl (C=O) groups excluding carboxylic acids is 2. The third-order valence-electron chi connectivity index (χ3n) is 3.30. The number of benzene rings is 1. The summed E-state index contributed by atoms with van der Waals surface area (Å²) in [5, 5.41) is 12.6. The highest BCUT2D eigenvalue weighted by molar-refractivity contribution is 8.13. The third kappa shape index (κ3) is 5.14. The summed E-state index contributed by atoms with van der Waals surface area (Å²) < 4.78 is 0. The summed E-state index contributed by atoms with van der Waals surface area (Å²) >= 11 is 1.13. The van der Waals surface area contributed by atoms with Gasteiger partial charge in [-0.3, -0.25) is 14.4 Å². The van der Waals surface area contributed by atoms with Crippen LogP contribution in [0.4, 0.5) is 0 Å². The molecular weight excluding hydrogens is 316 g/mol. The van der Waals surface area contributed by atoms with Crippen molar-refractivity contribution in [1.29, 1.82) is 0 Å². The molecule has 3 N–H and O–H groups in total. The van der Waals surface area contributed by atoms with Crippen molar-refractivity contribution in [1.82, 2.24) is 10.3 Å². The van der Waals surface area contributed by atoms with E-state index in [9.17, 15) is 14.4 Å². The number of aliphatic carboxylic acids is 1. The van der Waals surface area contributed by atoms with Gasteiger partial charge >= 0.3 is 5.97 Å². The van der Waals surface area contributed by atoms with Gasteiger partial charge in [0.2, 0.25) is 5.91 Å². The van der Waals surface area contributed by atoms with Gasteiger partial charge in [0.1, 0.15) is 0 Å². The molecule has 1 aromatic heterocycles. The Bertz CT molecular complexity index is 739. The molecule has 0 saturated heterocycles. The summed E-state index contributed by atoms with van der Waals surface area (Å²) in [6.07, 6.45) is 1.94. The van der Waals surface area contributed by atoms with Crippen LogP contribution in [0.2, 0.25) is 0 Å². The number of rotatable bonds is 7. The monoisotopic (exact) mass is 334 g/mol. The SMILES string of the molecule is CC(=O)SCCC(=O)NCc1ccc2[nH]cc(CC(=O)O)c2c1. The van der Waals surface area contributed by atoms with Crippen molar-refractivity contribution < 1.29 is 19.5 Å². The van der Waals surface area contributed by atoms with Gasteiger partial charge in [-0.05, 0) is 23.3 Å². The number of thioether (sulfide) groups is 1. The molecule has 1 heterocycles. The van der Waals surface area contributed by atoms with Crippen molar-refractivity contribution in [3.8, 4) is 0 Å². The minimum atomic E-state index is -0.882. The number of hydrogen-bond acceptors (Lipinski definition) is 4. The van der Waals surface area contributed by atoms with E-state index in [-0.39, 0.29) is 17.4 Å². The topological polar surface area (TPSA) is 99.3 Å². The third-order valence-corrected chi connectivity index (χ3v) is 4.11. The fraction of sp³-hybridized carbons (Fsp3) is 0.312. The maximum absolute atomic E-state index is 11.7. The number of fused-ring (bicyclic) bond motifs is 1. The van der Waals surface area contributed by atoms with E-state index in [2.05, 4.69) is 10.3 Å². The van der Waals surface area contributed by atoms with E-state index in [4.69, 9.17) is 5.11 Å². The molecule has 7 heteroatoms. The summed E-state index contributed by atoms with van der Waals surface area (Å²) in [5.74, 6) is -0.521. The van der Waals surface area contributed by atoms with Gasteiger partial charge in [0, 0.05) is 42.7 Å². The second-order valence-corrected chi connectivity index (χ2v) is 6.40. The van der Waals surface area contributed by atoms with E-state index >= 15 is 0 Å². The van der Waals surface area contributed by atoms with Crippen LogP contribution in [0.15, 0.2) is 24.4 Å². The zero-order valence-electron chi connectivity index (χ0n) is 12.7. The Balaban J connectivity index is 1.96. The quantitative estimate of drug-likeness (QED) is 0.720. The molecule has 0 spiro atoms. The van der Waals surface area contributed by atoms with Gasteiger partial charge in [0.15, 0.2) is 5.12 Å². The first-order chi connectivity index (χ1) is 11.0. The molecule has 1 aromatic carbocycles. The molecular formula is C16H18N2O4S. The van der Waals surface area contributed by atoms with Gasteiger partial charge in [0.05, 0.1) is 6.42 Å². The van der Waals surface area contributed by atoms with Gasteiger partial charge in [-0.1, -0.05) is 17.8 Å². The Hall–Kier alpha value is -2.28. The minimum Gasteiger partial charge on any atom is -0.481 e. The Morgan fingerprint density at radius 2 is 2.09 bits per heavy atom. The molecule has 0 bridgehead atoms. The minimum absolute atomic E-state index is 0.00155. The van der Waals surface area contributed by atoms with Crippen molar-refractivity contribution in [2.24, 2.45) is 0 Å². The van der Waals surface area contributed by atoms with E-state index in [0.29, 0.717) is 18.7 Å². The molecule has 0 aliphatic carbocycles. The number of aromatic amines is 1. The number of carboxylic acid groups (broad SMARTS) is 1. The summed E-state index contributed by atoms with van der Waals surface area (Å²) in [4.78, 5) is 36.4. The Morgan fingerprint density at radius 1 is 1.30 bits per heavy atom. The lowest BCUT2D eigenvalue weighted by molar-refractivity contribution is -0.136. The predicted molar refractivity (Wildman–Crippen MR) is 89.2 cm³/mol. The maximum Gasteiger partial charge on any atom is 0.307 e. The summed E-state index contributed by atoms with van der Waals surface area (Å²) in [7, 11) is 0. The highest BCUT2D eigenvalue weighted by atomic mass is 32.2. The van der Waals surface area contributed by atoms with Crippen molar-refractivity contribution in [2.45, 2.75) is 26.3 Å². The van der Waals surface area contributed by atoms with Crippen LogP contribution in [-0.2, 0) is 27.3 Å². The van der Waals surface area contributed by atoms with Gasteiger partial charge in [-0.25, -0.2) is 0 Å². The van der Waals surface area contributed by atoms with Crippen molar-refractivity contribution in [3.63, 3.8) is 0 Å². The van der Waals surface area contributed by atoms with Gasteiger partial charge in [-0.2, -0.15) is 0 Å². The standard InChI is InChI=1S/C16H18N2O4S/c1-10(19)23-5-4-15(20)18-8-11-2-3-14-13(6-11)12(9-17-14)7-16(21)22/h2-3,6,9,17H,4-5,7-8H2,1H3,(H,18,20)(H,21,22). The summed E-state index contributed by atoms with van der Waals surface area (Å²) in [6, 6.07) is 5.64. The summed E-state index contributed by atoms with van der Waals surface area (Å²) in [6.45, 7) is 1.85. The lowest BCUT2D eigenvalue weighted by Crippen LogP contribution is -2.23. The first-order valence-electron chi connectivity index (χ1n) is 7.16. The first kappa shape index (κ1) is 17.1. The van der Waals surface area contributed by atoms with Gasteiger partial charge in [0.25, 0.3) is 0 Å². The zero-order valence-corrected chi connectivity index (χ0v) is 13.5.